The first-order chi connectivity index (χ1) is 3.68. The fourth-order valence-corrected chi connectivity index (χ4v) is 0. The topological polar surface area (TPSA) is 17.1 Å². The van der Waals surface area contributed by atoms with Crippen LogP contribution in [0.5, 0.6) is 0 Å². The molecule has 0 heterocycles. The van der Waals surface area contributed by atoms with Gasteiger partial charge in [0.1, 0.15) is 0 Å². The number of hydrogen-bond donors (Lipinski definition) is 0. The molecule has 0 aromatic heterocycles. The van der Waals surface area contributed by atoms with Gasteiger partial charge in [-0.25, -0.2) is 6.58 Å². The Balaban J connectivity index is -0.0000000800. The van der Waals surface area contributed by atoms with E-state index in [1.807, 2.05) is 6.92 Å². The van der Waals surface area contributed by atoms with E-state index in [0.717, 1.165) is 6.42 Å². The van der Waals surface area contributed by atoms with E-state index in [-0.39, 0.29) is 18.6 Å². The molecule has 0 N–H and O–H groups in total. The van der Waals surface area contributed by atoms with Gasteiger partial charge in [-0.1, -0.05) is 13.8 Å². The largest absolute Gasteiger partial charge is 2.00 e. The average molecular weight is 163 g/mol. The molecule has 1 radical (unpaired) electrons. The van der Waals surface area contributed by atoms with Crippen LogP contribution >= 0.6 is 0 Å². The van der Waals surface area contributed by atoms with E-state index in [4.69, 9.17) is 0 Å². The second kappa shape index (κ2) is 15.7. The zero-order chi connectivity index (χ0) is 6.99. The first kappa shape index (κ1) is 16.0. The molecule has 0 aliphatic carbocycles. The van der Waals surface area contributed by atoms with E-state index in [1.165, 1.54) is 0 Å². The number of rotatable bonds is 1. The van der Waals surface area contributed by atoms with Gasteiger partial charge in [-0.2, -0.15) is 12.0 Å². The third kappa shape index (κ3) is 72.2. The fraction of sp³-hybridized carbons (Fsp3) is 0.429. The maximum absolute atomic E-state index is 9.28. The predicted octanol–water partition coefficient (Wildman–Crippen LogP) is 1.90. The van der Waals surface area contributed by atoms with Crippen LogP contribution in [0, 0.1) is 6.92 Å². The summed E-state index contributed by atoms with van der Waals surface area (Å²) in [7, 11) is 0. The predicted molar refractivity (Wildman–Crippen MR) is 36.2 cm³/mol. The third-order valence-corrected chi connectivity index (χ3v) is 0.174. The molecule has 0 unspecified atom stereocenters. The van der Waals surface area contributed by atoms with Crippen LogP contribution < -0.4 is 0 Å². The van der Waals surface area contributed by atoms with Gasteiger partial charge < -0.3 is 11.7 Å². The van der Waals surface area contributed by atoms with E-state index in [9.17, 15) is 4.79 Å². The number of carbonyl (C=O) groups excluding carboxylic acids is 1. The van der Waals surface area contributed by atoms with Crippen molar-refractivity contribution >= 4 is 6.29 Å². The molecule has 0 aromatic carbocycles. The molecule has 2 heteroatoms. The normalized spacial score (nSPS) is 5.67. The van der Waals surface area contributed by atoms with Gasteiger partial charge >= 0.3 is 18.6 Å². The van der Waals surface area contributed by atoms with Gasteiger partial charge in [0.05, 0.1) is 0 Å². The number of allylic oxidation sites excluding steroid dienone is 1. The summed E-state index contributed by atoms with van der Waals surface area (Å²) in [6, 6.07) is 0. The molecule has 0 atom stereocenters. The summed E-state index contributed by atoms with van der Waals surface area (Å²) in [5.41, 5.74) is 0.449. The molecule has 0 aliphatic rings. The molecule has 0 saturated heterocycles. The molecule has 0 aliphatic heterocycles. The summed E-state index contributed by atoms with van der Waals surface area (Å²) >= 11 is 0. The average Bonchev–Trinajstić information content (AvgIpc) is 1.69. The Bertz CT molecular complexity index is 69.3. The van der Waals surface area contributed by atoms with Gasteiger partial charge in [0.15, 0.2) is 0 Å². The van der Waals surface area contributed by atoms with E-state index >= 15 is 0 Å². The Kier molecular flexibility index (Phi) is 27.9. The van der Waals surface area contributed by atoms with E-state index in [2.05, 4.69) is 13.5 Å². The Morgan fingerprint density at radius 3 is 1.89 bits per heavy atom. The monoisotopic (exact) mass is 163 g/mol. The first-order valence-electron chi connectivity index (χ1n) is 2.51. The van der Waals surface area contributed by atoms with Crippen molar-refractivity contribution < 1.29 is 23.4 Å². The third-order valence-electron chi connectivity index (χ3n) is 0.174. The first-order valence-corrected chi connectivity index (χ1v) is 2.51. The van der Waals surface area contributed by atoms with Crippen LogP contribution in [0.2, 0.25) is 0 Å². The quantitative estimate of drug-likeness (QED) is 0.426. The van der Waals surface area contributed by atoms with Crippen LogP contribution in [0.3, 0.4) is 0 Å². The molecule has 51 valence electrons. The van der Waals surface area contributed by atoms with E-state index < -0.39 is 0 Å². The summed E-state index contributed by atoms with van der Waals surface area (Å²) < 4.78 is 0. The van der Waals surface area contributed by atoms with E-state index in [1.54, 1.807) is 13.2 Å². The Morgan fingerprint density at radius 1 is 1.78 bits per heavy atom. The maximum atomic E-state index is 9.28. The SMILES string of the molecule is C=C(C)[C-]=O.[CH2-]CC.[V+2]. The molecule has 0 spiro atoms. The van der Waals surface area contributed by atoms with Crippen LogP contribution in [-0.2, 0) is 23.4 Å². The molecule has 0 saturated carbocycles. The second-order valence-corrected chi connectivity index (χ2v) is 1.38. The summed E-state index contributed by atoms with van der Waals surface area (Å²) in [5, 5.41) is 0. The molecule has 0 aromatic rings. The minimum Gasteiger partial charge on any atom is -0.419 e. The fourth-order valence-electron chi connectivity index (χ4n) is 0. The van der Waals surface area contributed by atoms with Gasteiger partial charge in [0.2, 0.25) is 0 Å². The van der Waals surface area contributed by atoms with Crippen molar-refractivity contribution in [3.05, 3.63) is 19.1 Å². The van der Waals surface area contributed by atoms with Gasteiger partial charge in [0.25, 0.3) is 0 Å². The zero-order valence-electron chi connectivity index (χ0n) is 5.98. The van der Waals surface area contributed by atoms with Crippen molar-refractivity contribution in [1.29, 1.82) is 0 Å². The van der Waals surface area contributed by atoms with Gasteiger partial charge in [-0.05, 0) is 6.29 Å². The molecule has 0 rings (SSSR count). The molecule has 0 bridgehead atoms. The molecular formula is C7H12OV. The molecule has 0 amide bonds. The van der Waals surface area contributed by atoms with Crippen LogP contribution in [-0.4, -0.2) is 6.29 Å². The van der Waals surface area contributed by atoms with Crippen LogP contribution in [0.25, 0.3) is 0 Å². The zero-order valence-corrected chi connectivity index (χ0v) is 7.37. The van der Waals surface area contributed by atoms with Crippen molar-refractivity contribution in [2.45, 2.75) is 20.3 Å². The smallest absolute Gasteiger partial charge is 0.419 e. The summed E-state index contributed by atoms with van der Waals surface area (Å²) in [6.07, 6.45) is 2.58. The molecule has 0 fully saturated rings. The van der Waals surface area contributed by atoms with Crippen molar-refractivity contribution in [1.82, 2.24) is 0 Å². The van der Waals surface area contributed by atoms with Crippen molar-refractivity contribution in [2.24, 2.45) is 0 Å². The van der Waals surface area contributed by atoms with Crippen LogP contribution in [0.15, 0.2) is 12.2 Å². The van der Waals surface area contributed by atoms with Gasteiger partial charge in [-0.15, -0.1) is 0 Å². The Labute approximate surface area is 69.4 Å². The number of hydrogen-bond acceptors (Lipinski definition) is 1. The second-order valence-electron chi connectivity index (χ2n) is 1.38. The van der Waals surface area contributed by atoms with Crippen molar-refractivity contribution in [3.8, 4) is 0 Å². The standard InChI is InChI=1S/C4H5O.C3H7.V/c1-4(2)3-5;1-3-2;/h1H2,2H3;1,3H2,2H3;/q2*-1;+2. The minimum atomic E-state index is 0. The van der Waals surface area contributed by atoms with Crippen LogP contribution in [0.1, 0.15) is 20.3 Å². The van der Waals surface area contributed by atoms with Crippen LogP contribution in [0.4, 0.5) is 0 Å². The Hall–Kier alpha value is -0.00558. The summed E-state index contributed by atoms with van der Waals surface area (Å²) in [6.45, 7) is 10.4. The summed E-state index contributed by atoms with van der Waals surface area (Å²) in [4.78, 5) is 9.28. The van der Waals surface area contributed by atoms with Crippen molar-refractivity contribution in [3.63, 3.8) is 0 Å². The van der Waals surface area contributed by atoms with Gasteiger partial charge in [0, 0.05) is 0 Å². The maximum Gasteiger partial charge on any atom is 2.00 e. The summed E-state index contributed by atoms with van der Waals surface area (Å²) in [5.74, 6) is 0. The van der Waals surface area contributed by atoms with E-state index in [0.29, 0.717) is 5.57 Å². The molecule has 9 heavy (non-hydrogen) atoms. The minimum absolute atomic E-state index is 0. The molecular weight excluding hydrogens is 151 g/mol. The van der Waals surface area contributed by atoms with Gasteiger partial charge in [-0.3, -0.25) is 0 Å². The molecule has 1 nitrogen and oxygen atoms in total. The Morgan fingerprint density at radius 2 is 1.89 bits per heavy atom. The van der Waals surface area contributed by atoms with Crippen molar-refractivity contribution in [2.75, 3.05) is 0 Å².